The number of aromatic nitrogens is 3. The van der Waals surface area contributed by atoms with Crippen LogP contribution in [0.4, 0.5) is 0 Å². The van der Waals surface area contributed by atoms with Gasteiger partial charge in [-0.1, -0.05) is 55.4 Å². The van der Waals surface area contributed by atoms with Crippen molar-refractivity contribution in [3.8, 4) is 11.6 Å². The third-order valence-electron chi connectivity index (χ3n) is 3.46. The third-order valence-corrected chi connectivity index (χ3v) is 4.49. The van der Waals surface area contributed by atoms with Crippen molar-refractivity contribution in [2.45, 2.75) is 38.2 Å². The summed E-state index contributed by atoms with van der Waals surface area (Å²) in [5.41, 5.74) is 2.58. The van der Waals surface area contributed by atoms with Crippen molar-refractivity contribution in [2.75, 3.05) is 0 Å². The highest BCUT2D eigenvalue weighted by molar-refractivity contribution is 7.98. The molecule has 0 aliphatic rings. The van der Waals surface area contributed by atoms with Gasteiger partial charge in [0.15, 0.2) is 16.7 Å². The molecule has 0 saturated heterocycles. The molecular weight excluding hydrogens is 306 g/mol. The van der Waals surface area contributed by atoms with Gasteiger partial charge >= 0.3 is 0 Å². The largest absolute Gasteiger partial charge is 0.461 e. The van der Waals surface area contributed by atoms with Gasteiger partial charge < -0.3 is 4.42 Å². The van der Waals surface area contributed by atoms with E-state index in [2.05, 4.69) is 59.8 Å². The van der Waals surface area contributed by atoms with Crippen molar-refractivity contribution in [3.63, 3.8) is 0 Å². The molecule has 0 radical (unpaired) electrons. The van der Waals surface area contributed by atoms with Gasteiger partial charge in [-0.15, -0.1) is 10.2 Å². The van der Waals surface area contributed by atoms with E-state index in [-0.39, 0.29) is 0 Å². The smallest absolute Gasteiger partial charge is 0.200 e. The highest BCUT2D eigenvalue weighted by Crippen LogP contribution is 2.27. The molecule has 2 aromatic heterocycles. The summed E-state index contributed by atoms with van der Waals surface area (Å²) >= 11 is 1.72. The highest BCUT2D eigenvalue weighted by Gasteiger charge is 2.17. The van der Waals surface area contributed by atoms with E-state index in [0.717, 1.165) is 29.0 Å². The van der Waals surface area contributed by atoms with Crippen molar-refractivity contribution in [3.05, 3.63) is 53.8 Å². The maximum atomic E-state index is 5.50. The van der Waals surface area contributed by atoms with E-state index in [9.17, 15) is 0 Å². The topological polar surface area (TPSA) is 43.9 Å². The zero-order valence-corrected chi connectivity index (χ0v) is 14.5. The highest BCUT2D eigenvalue weighted by atomic mass is 32.2. The van der Waals surface area contributed by atoms with Crippen molar-refractivity contribution in [1.29, 1.82) is 0 Å². The van der Waals surface area contributed by atoms with Crippen LogP contribution in [-0.2, 0) is 12.3 Å². The van der Waals surface area contributed by atoms with Gasteiger partial charge in [-0.05, 0) is 30.5 Å². The summed E-state index contributed by atoms with van der Waals surface area (Å²) in [4.78, 5) is 0. The zero-order chi connectivity index (χ0) is 16.2. The molecule has 0 bridgehead atoms. The molecule has 0 saturated carbocycles. The van der Waals surface area contributed by atoms with Gasteiger partial charge in [0.05, 0.1) is 6.26 Å². The number of nitrogens with zero attached hydrogens (tertiary/aromatic N) is 3. The predicted octanol–water partition coefficient (Wildman–Crippen LogP) is 4.79. The van der Waals surface area contributed by atoms with E-state index >= 15 is 0 Å². The normalized spacial score (nSPS) is 11.3. The number of hydrogen-bond acceptors (Lipinski definition) is 4. The fraction of sp³-hybridized carbons (Fsp3) is 0.333. The lowest BCUT2D eigenvalue weighted by atomic mass is 10.2. The van der Waals surface area contributed by atoms with E-state index in [4.69, 9.17) is 4.42 Å². The molecule has 0 aliphatic carbocycles. The predicted molar refractivity (Wildman–Crippen MR) is 93.3 cm³/mol. The zero-order valence-electron chi connectivity index (χ0n) is 13.7. The van der Waals surface area contributed by atoms with Crippen molar-refractivity contribution >= 4 is 11.8 Å². The SMILES string of the molecule is Cc1cccc(CSc2nnc(-c3ccco3)n2CC(C)C)c1. The monoisotopic (exact) mass is 327 g/mol. The number of hydrogen-bond donors (Lipinski definition) is 0. The molecule has 0 amide bonds. The van der Waals surface area contributed by atoms with E-state index < -0.39 is 0 Å². The lowest BCUT2D eigenvalue weighted by molar-refractivity contribution is 0.489. The Morgan fingerprint density at radius 3 is 2.74 bits per heavy atom. The van der Waals surface area contributed by atoms with Crippen LogP contribution in [0.15, 0.2) is 52.2 Å². The first kappa shape index (κ1) is 15.9. The standard InChI is InChI=1S/C18H21N3OS/c1-13(2)11-21-17(16-8-5-9-22-16)19-20-18(21)23-12-15-7-4-6-14(3)10-15/h4-10,13H,11-12H2,1-3H3. The fourth-order valence-corrected chi connectivity index (χ4v) is 3.35. The molecule has 5 heteroatoms. The Bertz CT molecular complexity index is 762. The molecule has 4 nitrogen and oxygen atoms in total. The molecule has 3 rings (SSSR count). The van der Waals surface area contributed by atoms with E-state index in [1.54, 1.807) is 18.0 Å². The van der Waals surface area contributed by atoms with E-state index in [1.165, 1.54) is 11.1 Å². The molecule has 0 unspecified atom stereocenters. The van der Waals surface area contributed by atoms with Crippen LogP contribution in [0, 0.1) is 12.8 Å². The van der Waals surface area contributed by atoms with Gasteiger partial charge in [0.2, 0.25) is 0 Å². The number of furan rings is 1. The van der Waals surface area contributed by atoms with Gasteiger partial charge in [-0.3, -0.25) is 4.57 Å². The lowest BCUT2D eigenvalue weighted by Crippen LogP contribution is -2.07. The summed E-state index contributed by atoms with van der Waals surface area (Å²) in [7, 11) is 0. The average molecular weight is 327 g/mol. The molecule has 3 aromatic rings. The van der Waals surface area contributed by atoms with Crippen LogP contribution in [0.5, 0.6) is 0 Å². The quantitative estimate of drug-likeness (QED) is 0.610. The molecule has 23 heavy (non-hydrogen) atoms. The summed E-state index contributed by atoms with van der Waals surface area (Å²) in [6.07, 6.45) is 1.67. The van der Waals surface area contributed by atoms with Gasteiger partial charge in [-0.2, -0.15) is 0 Å². The minimum absolute atomic E-state index is 0.512. The van der Waals surface area contributed by atoms with Crippen LogP contribution < -0.4 is 0 Å². The number of aryl methyl sites for hydroxylation is 1. The third kappa shape index (κ3) is 3.85. The van der Waals surface area contributed by atoms with Gasteiger partial charge in [-0.25, -0.2) is 0 Å². The van der Waals surface area contributed by atoms with E-state index in [0.29, 0.717) is 5.92 Å². The second-order valence-corrected chi connectivity index (χ2v) is 7.01. The van der Waals surface area contributed by atoms with Gasteiger partial charge in [0, 0.05) is 12.3 Å². The molecule has 2 heterocycles. The summed E-state index contributed by atoms with van der Waals surface area (Å²) in [5.74, 6) is 2.96. The summed E-state index contributed by atoms with van der Waals surface area (Å²) in [6, 6.07) is 12.4. The molecule has 1 aromatic carbocycles. The number of benzene rings is 1. The first-order chi connectivity index (χ1) is 11.1. The summed E-state index contributed by atoms with van der Waals surface area (Å²) in [5, 5.41) is 9.66. The van der Waals surface area contributed by atoms with Crippen LogP contribution in [0.25, 0.3) is 11.6 Å². The molecule has 0 aliphatic heterocycles. The molecular formula is C18H21N3OS. The van der Waals surface area contributed by atoms with Crippen LogP contribution in [0.2, 0.25) is 0 Å². The minimum Gasteiger partial charge on any atom is -0.461 e. The Morgan fingerprint density at radius 2 is 2.04 bits per heavy atom. The van der Waals surface area contributed by atoms with Crippen LogP contribution in [-0.4, -0.2) is 14.8 Å². The summed E-state index contributed by atoms with van der Waals surface area (Å²) < 4.78 is 7.66. The molecule has 0 spiro atoms. The lowest BCUT2D eigenvalue weighted by Gasteiger charge is -2.11. The second-order valence-electron chi connectivity index (χ2n) is 6.07. The Hall–Kier alpha value is -2.01. The van der Waals surface area contributed by atoms with Crippen LogP contribution in [0.3, 0.4) is 0 Å². The Labute approximate surface area is 140 Å². The van der Waals surface area contributed by atoms with Crippen LogP contribution in [0.1, 0.15) is 25.0 Å². The first-order valence-corrected chi connectivity index (χ1v) is 8.77. The fourth-order valence-electron chi connectivity index (χ4n) is 2.46. The molecule has 0 atom stereocenters. The Balaban J connectivity index is 1.84. The van der Waals surface area contributed by atoms with Crippen molar-refractivity contribution in [2.24, 2.45) is 5.92 Å². The number of thioether (sulfide) groups is 1. The Morgan fingerprint density at radius 1 is 1.17 bits per heavy atom. The van der Waals surface area contributed by atoms with Crippen molar-refractivity contribution in [1.82, 2.24) is 14.8 Å². The second kappa shape index (κ2) is 7.04. The maximum absolute atomic E-state index is 5.50. The average Bonchev–Trinajstić information content (AvgIpc) is 3.14. The van der Waals surface area contributed by atoms with Gasteiger partial charge in [0.25, 0.3) is 0 Å². The molecule has 0 N–H and O–H groups in total. The minimum atomic E-state index is 0.512. The number of rotatable bonds is 6. The van der Waals surface area contributed by atoms with E-state index in [1.807, 2.05) is 12.1 Å². The first-order valence-electron chi connectivity index (χ1n) is 7.79. The maximum Gasteiger partial charge on any atom is 0.200 e. The molecule has 120 valence electrons. The van der Waals surface area contributed by atoms with Gasteiger partial charge in [0.1, 0.15) is 0 Å². The Kier molecular flexibility index (Phi) is 4.86. The van der Waals surface area contributed by atoms with Crippen molar-refractivity contribution < 1.29 is 4.42 Å². The summed E-state index contributed by atoms with van der Waals surface area (Å²) in [6.45, 7) is 7.38. The molecule has 0 fully saturated rings. The van der Waals surface area contributed by atoms with Crippen LogP contribution >= 0.6 is 11.8 Å².